The van der Waals surface area contributed by atoms with E-state index in [1.165, 1.54) is 0 Å². The number of rotatable bonds is 4. The Kier molecular flexibility index (Phi) is 3.82. The molecular formula is C21H16N2O. The SMILES string of the molecule is c1ccc(ON(c2ccccc2)c2ccc3ccccc3n2)cc1. The number of aromatic nitrogens is 1. The van der Waals surface area contributed by atoms with E-state index in [1.54, 1.807) is 5.06 Å². The minimum atomic E-state index is 0.740. The molecule has 3 nitrogen and oxygen atoms in total. The number of pyridine rings is 1. The summed E-state index contributed by atoms with van der Waals surface area (Å²) < 4.78 is 0. The molecule has 24 heavy (non-hydrogen) atoms. The maximum Gasteiger partial charge on any atom is 0.169 e. The van der Waals surface area contributed by atoms with Crippen molar-refractivity contribution in [3.63, 3.8) is 0 Å². The van der Waals surface area contributed by atoms with Crippen molar-refractivity contribution >= 4 is 22.4 Å². The zero-order chi connectivity index (χ0) is 16.2. The summed E-state index contributed by atoms with van der Waals surface area (Å²) in [6.45, 7) is 0. The molecule has 0 spiro atoms. The quantitative estimate of drug-likeness (QED) is 0.474. The first-order chi connectivity index (χ1) is 11.9. The van der Waals surface area contributed by atoms with Crippen LogP contribution in [0.4, 0.5) is 11.5 Å². The normalized spacial score (nSPS) is 10.5. The average molecular weight is 312 g/mol. The second-order valence-corrected chi connectivity index (χ2v) is 5.40. The van der Waals surface area contributed by atoms with Gasteiger partial charge in [-0.3, -0.25) is 0 Å². The first kappa shape index (κ1) is 14.3. The molecule has 0 N–H and O–H groups in total. The molecule has 1 heterocycles. The molecule has 0 atom stereocenters. The molecule has 0 saturated heterocycles. The minimum absolute atomic E-state index is 0.740. The van der Waals surface area contributed by atoms with E-state index in [4.69, 9.17) is 9.82 Å². The van der Waals surface area contributed by atoms with Crippen molar-refractivity contribution in [2.45, 2.75) is 0 Å². The van der Waals surface area contributed by atoms with E-state index in [1.807, 2.05) is 84.9 Å². The highest BCUT2D eigenvalue weighted by Crippen LogP contribution is 2.27. The third-order valence-electron chi connectivity index (χ3n) is 3.72. The first-order valence-corrected chi connectivity index (χ1v) is 7.84. The van der Waals surface area contributed by atoms with E-state index < -0.39 is 0 Å². The Bertz CT molecular complexity index is 939. The van der Waals surface area contributed by atoms with E-state index in [9.17, 15) is 0 Å². The van der Waals surface area contributed by atoms with Gasteiger partial charge in [-0.25, -0.2) is 4.98 Å². The Hall–Kier alpha value is -3.33. The number of nitrogens with zero attached hydrogens (tertiary/aromatic N) is 2. The van der Waals surface area contributed by atoms with Gasteiger partial charge in [0.1, 0.15) is 0 Å². The van der Waals surface area contributed by atoms with Crippen LogP contribution in [-0.4, -0.2) is 4.98 Å². The zero-order valence-corrected chi connectivity index (χ0v) is 13.0. The number of fused-ring (bicyclic) bond motifs is 1. The molecule has 0 unspecified atom stereocenters. The van der Waals surface area contributed by atoms with Gasteiger partial charge >= 0.3 is 0 Å². The smallest absolute Gasteiger partial charge is 0.169 e. The molecule has 116 valence electrons. The van der Waals surface area contributed by atoms with Gasteiger partial charge in [0.25, 0.3) is 0 Å². The van der Waals surface area contributed by atoms with Gasteiger partial charge in [0.05, 0.1) is 11.2 Å². The minimum Gasteiger partial charge on any atom is -0.373 e. The third-order valence-corrected chi connectivity index (χ3v) is 3.72. The van der Waals surface area contributed by atoms with Gasteiger partial charge in [-0.1, -0.05) is 54.6 Å². The van der Waals surface area contributed by atoms with Crippen LogP contribution in [0.25, 0.3) is 10.9 Å². The third kappa shape index (κ3) is 2.92. The number of benzene rings is 3. The van der Waals surface area contributed by atoms with Crippen LogP contribution < -0.4 is 9.90 Å². The molecule has 0 amide bonds. The highest BCUT2D eigenvalue weighted by molar-refractivity contribution is 5.80. The highest BCUT2D eigenvalue weighted by Gasteiger charge is 2.13. The van der Waals surface area contributed by atoms with Gasteiger partial charge in [0.15, 0.2) is 11.6 Å². The summed E-state index contributed by atoms with van der Waals surface area (Å²) in [6, 6.07) is 31.8. The fourth-order valence-corrected chi connectivity index (χ4v) is 2.55. The van der Waals surface area contributed by atoms with Crippen molar-refractivity contribution in [3.05, 3.63) is 97.1 Å². The predicted octanol–water partition coefficient (Wildman–Crippen LogP) is 5.37. The molecule has 4 rings (SSSR count). The lowest BCUT2D eigenvalue weighted by atomic mass is 10.2. The molecule has 3 aromatic carbocycles. The number of hydrogen-bond donors (Lipinski definition) is 0. The van der Waals surface area contributed by atoms with Crippen molar-refractivity contribution in [1.82, 2.24) is 4.98 Å². The van der Waals surface area contributed by atoms with Crippen molar-refractivity contribution in [1.29, 1.82) is 0 Å². The Morgan fingerprint density at radius 2 is 1.29 bits per heavy atom. The van der Waals surface area contributed by atoms with Gasteiger partial charge in [-0.2, -0.15) is 5.06 Å². The standard InChI is InChI=1S/C21H16N2O/c1-3-10-18(11-4-1)23(24-19-12-5-2-6-13-19)21-16-15-17-9-7-8-14-20(17)22-21/h1-16H. The Labute approximate surface area is 140 Å². The number of hydrogen-bond acceptors (Lipinski definition) is 3. The van der Waals surface area contributed by atoms with Crippen LogP contribution in [0.3, 0.4) is 0 Å². The van der Waals surface area contributed by atoms with Crippen LogP contribution in [0.1, 0.15) is 0 Å². The summed E-state index contributed by atoms with van der Waals surface area (Å²) in [7, 11) is 0. The van der Waals surface area contributed by atoms with Gasteiger partial charge < -0.3 is 4.84 Å². The zero-order valence-electron chi connectivity index (χ0n) is 13.0. The highest BCUT2D eigenvalue weighted by atomic mass is 16.7. The summed E-state index contributed by atoms with van der Waals surface area (Å²) in [4.78, 5) is 10.9. The second kappa shape index (κ2) is 6.42. The molecule has 0 radical (unpaired) electrons. The van der Waals surface area contributed by atoms with E-state index in [-0.39, 0.29) is 0 Å². The predicted molar refractivity (Wildman–Crippen MR) is 97.4 cm³/mol. The van der Waals surface area contributed by atoms with Crippen LogP contribution in [0.5, 0.6) is 5.75 Å². The average Bonchev–Trinajstić information content (AvgIpc) is 2.67. The Morgan fingerprint density at radius 3 is 2.08 bits per heavy atom. The molecule has 3 heteroatoms. The van der Waals surface area contributed by atoms with Gasteiger partial charge in [0, 0.05) is 5.39 Å². The second-order valence-electron chi connectivity index (χ2n) is 5.40. The lowest BCUT2D eigenvalue weighted by molar-refractivity contribution is 0.321. The van der Waals surface area contributed by atoms with Gasteiger partial charge in [-0.05, 0) is 42.5 Å². The molecule has 0 fully saturated rings. The molecule has 4 aromatic rings. The van der Waals surface area contributed by atoms with Crippen molar-refractivity contribution in [2.24, 2.45) is 0 Å². The van der Waals surface area contributed by atoms with Crippen LogP contribution in [0.2, 0.25) is 0 Å². The van der Waals surface area contributed by atoms with Crippen LogP contribution >= 0.6 is 0 Å². The number of para-hydroxylation sites is 3. The molecule has 0 bridgehead atoms. The van der Waals surface area contributed by atoms with Crippen molar-refractivity contribution in [3.8, 4) is 5.75 Å². The van der Waals surface area contributed by atoms with Crippen molar-refractivity contribution in [2.75, 3.05) is 5.06 Å². The first-order valence-electron chi connectivity index (χ1n) is 7.84. The topological polar surface area (TPSA) is 25.4 Å². The summed E-state index contributed by atoms with van der Waals surface area (Å²) in [5.41, 5.74) is 1.86. The molecular weight excluding hydrogens is 296 g/mol. The maximum atomic E-state index is 6.11. The molecule has 0 aliphatic rings. The molecule has 0 aliphatic heterocycles. The monoisotopic (exact) mass is 312 g/mol. The number of anilines is 2. The summed E-state index contributed by atoms with van der Waals surface area (Å²) in [5.74, 6) is 1.50. The summed E-state index contributed by atoms with van der Waals surface area (Å²) in [6.07, 6.45) is 0. The van der Waals surface area contributed by atoms with Gasteiger partial charge in [-0.15, -0.1) is 0 Å². The molecule has 1 aromatic heterocycles. The lowest BCUT2D eigenvalue weighted by Gasteiger charge is -2.23. The molecule has 0 aliphatic carbocycles. The fourth-order valence-electron chi connectivity index (χ4n) is 2.55. The van der Waals surface area contributed by atoms with E-state index in [0.717, 1.165) is 28.2 Å². The maximum absolute atomic E-state index is 6.11. The van der Waals surface area contributed by atoms with E-state index >= 15 is 0 Å². The van der Waals surface area contributed by atoms with E-state index in [2.05, 4.69) is 12.1 Å². The van der Waals surface area contributed by atoms with Gasteiger partial charge in [0.2, 0.25) is 0 Å². The fraction of sp³-hybridized carbons (Fsp3) is 0. The summed E-state index contributed by atoms with van der Waals surface area (Å²) in [5, 5.41) is 2.86. The van der Waals surface area contributed by atoms with E-state index in [0.29, 0.717) is 0 Å². The van der Waals surface area contributed by atoms with Crippen LogP contribution in [-0.2, 0) is 0 Å². The van der Waals surface area contributed by atoms with Crippen LogP contribution in [0.15, 0.2) is 97.1 Å². The Morgan fingerprint density at radius 1 is 0.625 bits per heavy atom. The van der Waals surface area contributed by atoms with Crippen LogP contribution in [0, 0.1) is 0 Å². The van der Waals surface area contributed by atoms with Crippen molar-refractivity contribution < 1.29 is 4.84 Å². The Balaban J connectivity index is 1.78. The molecule has 0 saturated carbocycles. The largest absolute Gasteiger partial charge is 0.373 e. The summed E-state index contributed by atoms with van der Waals surface area (Å²) >= 11 is 0. The lowest BCUT2D eigenvalue weighted by Crippen LogP contribution is -2.22.